The van der Waals surface area contributed by atoms with Crippen LogP contribution in [0.4, 0.5) is 10.1 Å². The molecule has 1 unspecified atom stereocenters. The Morgan fingerprint density at radius 1 is 1.26 bits per heavy atom. The van der Waals surface area contributed by atoms with E-state index in [0.717, 1.165) is 0 Å². The van der Waals surface area contributed by atoms with Gasteiger partial charge in [-0.15, -0.1) is 0 Å². The van der Waals surface area contributed by atoms with Crippen molar-refractivity contribution < 1.29 is 18.9 Å². The van der Waals surface area contributed by atoms with Crippen LogP contribution in [0.2, 0.25) is 0 Å². The summed E-state index contributed by atoms with van der Waals surface area (Å²) in [6, 6.07) is 11.2. The summed E-state index contributed by atoms with van der Waals surface area (Å²) < 4.78 is 13.3. The lowest BCUT2D eigenvalue weighted by atomic mass is 9.98. The summed E-state index contributed by atoms with van der Waals surface area (Å²) in [5, 5.41) is 16.9. The lowest BCUT2D eigenvalue weighted by Crippen LogP contribution is -2.40. The average molecular weight is 426 g/mol. The average Bonchev–Trinajstić information content (AvgIpc) is 3.19. The molecule has 31 heavy (non-hydrogen) atoms. The van der Waals surface area contributed by atoms with Gasteiger partial charge in [-0.1, -0.05) is 38.1 Å². The zero-order valence-electron chi connectivity index (χ0n) is 17.5. The van der Waals surface area contributed by atoms with E-state index in [1.54, 1.807) is 45.2 Å². The van der Waals surface area contributed by atoms with Gasteiger partial charge in [-0.2, -0.15) is 5.10 Å². The molecule has 0 saturated carbocycles. The normalized spacial score (nSPS) is 15.7. The first-order valence-corrected chi connectivity index (χ1v) is 9.82. The van der Waals surface area contributed by atoms with Crippen molar-refractivity contribution >= 4 is 23.2 Å². The number of carbonyl (C=O) groups excluding carboxylic acids is 2. The second-order valence-electron chi connectivity index (χ2n) is 7.71. The number of carbonyl (C=O) groups is 2. The van der Waals surface area contributed by atoms with Crippen molar-refractivity contribution in [3.05, 3.63) is 75.6 Å². The molecule has 0 bridgehead atoms. The van der Waals surface area contributed by atoms with Crippen molar-refractivity contribution in [3.63, 3.8) is 0 Å². The molecule has 0 radical (unpaired) electrons. The Balaban J connectivity index is 1.94. The van der Waals surface area contributed by atoms with Gasteiger partial charge in [0.25, 0.3) is 11.6 Å². The molecule has 1 aliphatic heterocycles. The highest BCUT2D eigenvalue weighted by Crippen LogP contribution is 2.34. The summed E-state index contributed by atoms with van der Waals surface area (Å²) in [7, 11) is 1.54. The largest absolute Gasteiger partial charge is 0.336 e. The Morgan fingerprint density at radius 2 is 1.94 bits per heavy atom. The number of nitro benzene ring substituents is 1. The fourth-order valence-electron chi connectivity index (χ4n) is 3.46. The van der Waals surface area contributed by atoms with Crippen molar-refractivity contribution in [3.8, 4) is 0 Å². The monoisotopic (exact) mass is 426 g/mol. The molecule has 0 N–H and O–H groups in total. The van der Waals surface area contributed by atoms with E-state index in [1.807, 2.05) is 0 Å². The highest BCUT2D eigenvalue weighted by atomic mass is 19.1. The lowest BCUT2D eigenvalue weighted by Gasteiger charge is -2.25. The fourth-order valence-corrected chi connectivity index (χ4v) is 3.46. The highest BCUT2D eigenvalue weighted by molar-refractivity contribution is 6.03. The van der Waals surface area contributed by atoms with Gasteiger partial charge in [-0.25, -0.2) is 9.40 Å². The van der Waals surface area contributed by atoms with E-state index in [4.69, 9.17) is 0 Å². The quantitative estimate of drug-likeness (QED) is 0.521. The van der Waals surface area contributed by atoms with Crippen molar-refractivity contribution in [2.45, 2.75) is 26.3 Å². The van der Waals surface area contributed by atoms with Crippen LogP contribution in [0.1, 0.15) is 37.4 Å². The molecule has 9 heteroatoms. The maximum atomic E-state index is 13.3. The van der Waals surface area contributed by atoms with E-state index in [9.17, 15) is 24.1 Å². The summed E-state index contributed by atoms with van der Waals surface area (Å²) in [5.41, 5.74) is 1.68. The van der Waals surface area contributed by atoms with Crippen LogP contribution in [0.15, 0.2) is 53.6 Å². The Kier molecular flexibility index (Phi) is 6.43. The Bertz CT molecular complexity index is 1040. The molecule has 0 saturated heterocycles. The summed E-state index contributed by atoms with van der Waals surface area (Å²) in [6.45, 7) is 3.31. The third kappa shape index (κ3) is 4.93. The number of benzene rings is 2. The summed E-state index contributed by atoms with van der Waals surface area (Å²) >= 11 is 0. The number of rotatable bonds is 6. The third-order valence-corrected chi connectivity index (χ3v) is 5.05. The van der Waals surface area contributed by atoms with E-state index in [2.05, 4.69) is 5.10 Å². The Morgan fingerprint density at radius 3 is 2.55 bits per heavy atom. The van der Waals surface area contributed by atoms with Crippen LogP contribution < -0.4 is 0 Å². The molecule has 2 aromatic carbocycles. The van der Waals surface area contributed by atoms with Crippen molar-refractivity contribution in [1.29, 1.82) is 0 Å². The van der Waals surface area contributed by atoms with Gasteiger partial charge < -0.3 is 4.90 Å². The van der Waals surface area contributed by atoms with Gasteiger partial charge in [0.2, 0.25) is 5.91 Å². The van der Waals surface area contributed by atoms with E-state index in [1.165, 1.54) is 34.2 Å². The minimum absolute atomic E-state index is 0.0905. The molecule has 8 nitrogen and oxygen atoms in total. The highest BCUT2D eigenvalue weighted by Gasteiger charge is 2.34. The SMILES string of the molecule is CC(C)C(=O)N(C)CC(=O)N1N=C(c2ccc(F)cc2)CC1c1cccc([N+](=O)[O-])c1. The second-order valence-corrected chi connectivity index (χ2v) is 7.71. The molecule has 0 spiro atoms. The van der Waals surface area contributed by atoms with E-state index in [-0.39, 0.29) is 29.9 Å². The number of nitro groups is 1. The molecule has 0 aromatic heterocycles. The first-order valence-electron chi connectivity index (χ1n) is 9.82. The second kappa shape index (κ2) is 9.03. The van der Waals surface area contributed by atoms with Gasteiger partial charge in [0, 0.05) is 31.5 Å². The molecule has 0 fully saturated rings. The topological polar surface area (TPSA) is 96.1 Å². The molecule has 162 valence electrons. The van der Waals surface area contributed by atoms with Crippen LogP contribution in [-0.4, -0.2) is 46.0 Å². The third-order valence-electron chi connectivity index (χ3n) is 5.05. The molecule has 2 aromatic rings. The van der Waals surface area contributed by atoms with Crippen molar-refractivity contribution in [2.75, 3.05) is 13.6 Å². The van der Waals surface area contributed by atoms with Crippen LogP contribution >= 0.6 is 0 Å². The van der Waals surface area contributed by atoms with Crippen LogP contribution in [0.5, 0.6) is 0 Å². The van der Waals surface area contributed by atoms with Crippen LogP contribution in [0.3, 0.4) is 0 Å². The minimum atomic E-state index is -0.574. The number of hydrogen-bond donors (Lipinski definition) is 0. The van der Waals surface area contributed by atoms with E-state index < -0.39 is 16.9 Å². The molecule has 2 amide bonds. The van der Waals surface area contributed by atoms with Crippen molar-refractivity contribution in [1.82, 2.24) is 9.91 Å². The molecule has 1 heterocycles. The molecule has 3 rings (SSSR count). The zero-order valence-corrected chi connectivity index (χ0v) is 17.5. The van der Waals surface area contributed by atoms with Gasteiger partial charge in [-0.05, 0) is 23.3 Å². The number of hydrazone groups is 1. The van der Waals surface area contributed by atoms with Gasteiger partial charge in [0.1, 0.15) is 12.4 Å². The van der Waals surface area contributed by atoms with Crippen LogP contribution in [0, 0.1) is 21.8 Å². The zero-order chi connectivity index (χ0) is 22.7. The Labute approximate surface area is 179 Å². The van der Waals surface area contributed by atoms with Crippen LogP contribution in [-0.2, 0) is 9.59 Å². The summed E-state index contributed by atoms with van der Waals surface area (Å²) in [6.07, 6.45) is 0.306. The molecule has 1 atom stereocenters. The predicted molar refractivity (Wildman–Crippen MR) is 113 cm³/mol. The minimum Gasteiger partial charge on any atom is -0.336 e. The molecular formula is C22H23FN4O4. The van der Waals surface area contributed by atoms with Gasteiger partial charge >= 0.3 is 0 Å². The lowest BCUT2D eigenvalue weighted by molar-refractivity contribution is -0.385. The number of non-ortho nitro benzene ring substituents is 1. The van der Waals surface area contributed by atoms with E-state index >= 15 is 0 Å². The summed E-state index contributed by atoms with van der Waals surface area (Å²) in [4.78, 5) is 37.3. The van der Waals surface area contributed by atoms with Gasteiger partial charge in [-0.3, -0.25) is 19.7 Å². The smallest absolute Gasteiger partial charge is 0.269 e. The number of hydrogen-bond acceptors (Lipinski definition) is 5. The Hall–Kier alpha value is -3.62. The van der Waals surface area contributed by atoms with Crippen LogP contribution in [0.25, 0.3) is 0 Å². The maximum absolute atomic E-state index is 13.3. The standard InChI is InChI=1S/C22H23FN4O4/c1-14(2)22(29)25(3)13-21(28)26-20(16-5-4-6-18(11-16)27(30)31)12-19(24-26)15-7-9-17(23)10-8-15/h4-11,14,20H,12-13H2,1-3H3. The number of amides is 2. The molecule has 1 aliphatic rings. The molecular weight excluding hydrogens is 403 g/mol. The van der Waals surface area contributed by atoms with Gasteiger partial charge in [0.15, 0.2) is 0 Å². The summed E-state index contributed by atoms with van der Waals surface area (Å²) in [5.74, 6) is -1.24. The van der Waals surface area contributed by atoms with Crippen molar-refractivity contribution in [2.24, 2.45) is 11.0 Å². The molecule has 0 aliphatic carbocycles. The maximum Gasteiger partial charge on any atom is 0.269 e. The first-order chi connectivity index (χ1) is 14.7. The number of likely N-dealkylation sites (N-methyl/N-ethyl adjacent to an activating group) is 1. The van der Waals surface area contributed by atoms with E-state index in [0.29, 0.717) is 23.3 Å². The number of halogens is 1. The van der Waals surface area contributed by atoms with Gasteiger partial charge in [0.05, 0.1) is 16.7 Å². The first kappa shape index (κ1) is 22.1. The fraction of sp³-hybridized carbons (Fsp3) is 0.318. The number of nitrogens with zero attached hydrogens (tertiary/aromatic N) is 4. The predicted octanol–water partition coefficient (Wildman–Crippen LogP) is 3.53.